The molecule has 0 N–H and O–H groups in total. The number of hydrogen-bond acceptors (Lipinski definition) is 2. The average molecular weight is 323 g/mol. The molecule has 2 aromatic rings. The summed E-state index contributed by atoms with van der Waals surface area (Å²) in [6.45, 7) is 6.69. The van der Waals surface area contributed by atoms with Gasteiger partial charge in [0.1, 0.15) is 5.75 Å². The normalized spacial score (nSPS) is 17.3. The predicted octanol–water partition coefficient (Wildman–Crippen LogP) is 4.22. The van der Waals surface area contributed by atoms with E-state index in [2.05, 4.69) is 24.3 Å². The third kappa shape index (κ3) is 3.03. The lowest BCUT2D eigenvalue weighted by Crippen LogP contribution is -2.45. The minimum absolute atomic E-state index is 0.0346. The van der Waals surface area contributed by atoms with Crippen molar-refractivity contribution in [2.24, 2.45) is 5.41 Å². The summed E-state index contributed by atoms with van der Waals surface area (Å²) in [6.07, 6.45) is 0.859. The Bertz CT molecular complexity index is 731. The number of amides is 1. The number of rotatable bonds is 2. The molecule has 0 saturated carbocycles. The Morgan fingerprint density at radius 1 is 1.12 bits per heavy atom. The molecule has 0 radical (unpaired) electrons. The molecule has 1 atom stereocenters. The third-order valence-corrected chi connectivity index (χ3v) is 4.60. The fourth-order valence-electron chi connectivity index (χ4n) is 3.37. The average Bonchev–Trinajstić information content (AvgIpc) is 2.59. The lowest BCUT2D eigenvalue weighted by molar-refractivity contribution is -0.141. The first kappa shape index (κ1) is 16.6. The van der Waals surface area contributed by atoms with Gasteiger partial charge in [-0.1, -0.05) is 57.2 Å². The van der Waals surface area contributed by atoms with Crippen LogP contribution in [0.4, 0.5) is 0 Å². The van der Waals surface area contributed by atoms with Crippen LogP contribution in [0.3, 0.4) is 0 Å². The molecule has 1 aliphatic heterocycles. The Morgan fingerprint density at radius 3 is 2.46 bits per heavy atom. The summed E-state index contributed by atoms with van der Waals surface area (Å²) >= 11 is 0. The Kier molecular flexibility index (Phi) is 4.35. The van der Waals surface area contributed by atoms with Gasteiger partial charge < -0.3 is 9.64 Å². The maximum atomic E-state index is 13.0. The van der Waals surface area contributed by atoms with Crippen LogP contribution in [0.2, 0.25) is 0 Å². The minimum atomic E-state index is -0.392. The van der Waals surface area contributed by atoms with Crippen LogP contribution in [0, 0.1) is 5.41 Å². The van der Waals surface area contributed by atoms with Crippen LogP contribution in [-0.2, 0) is 11.2 Å². The van der Waals surface area contributed by atoms with Crippen molar-refractivity contribution in [3.63, 3.8) is 0 Å². The van der Waals surface area contributed by atoms with E-state index < -0.39 is 5.41 Å². The molecule has 3 heteroatoms. The predicted molar refractivity (Wildman–Crippen MR) is 96.2 cm³/mol. The molecule has 24 heavy (non-hydrogen) atoms. The molecule has 1 heterocycles. The number of carbonyl (C=O) groups is 1. The molecule has 3 rings (SSSR count). The zero-order chi connectivity index (χ0) is 17.3. The molecular weight excluding hydrogens is 298 g/mol. The maximum absolute atomic E-state index is 13.0. The van der Waals surface area contributed by atoms with E-state index in [4.69, 9.17) is 4.74 Å². The highest BCUT2D eigenvalue weighted by Crippen LogP contribution is 2.38. The van der Waals surface area contributed by atoms with Crippen molar-refractivity contribution in [1.29, 1.82) is 0 Å². The first-order valence-electron chi connectivity index (χ1n) is 8.44. The van der Waals surface area contributed by atoms with Crippen molar-refractivity contribution in [3.05, 3.63) is 65.2 Å². The molecule has 1 amide bonds. The maximum Gasteiger partial charge on any atom is 0.228 e. The third-order valence-electron chi connectivity index (χ3n) is 4.60. The van der Waals surface area contributed by atoms with Gasteiger partial charge in [-0.25, -0.2) is 0 Å². The van der Waals surface area contributed by atoms with Gasteiger partial charge in [0.2, 0.25) is 5.91 Å². The van der Waals surface area contributed by atoms with Gasteiger partial charge in [0.15, 0.2) is 0 Å². The van der Waals surface area contributed by atoms with Crippen LogP contribution in [0.15, 0.2) is 48.5 Å². The molecule has 1 unspecified atom stereocenters. The smallest absolute Gasteiger partial charge is 0.228 e. The van der Waals surface area contributed by atoms with E-state index in [0.29, 0.717) is 0 Å². The summed E-state index contributed by atoms with van der Waals surface area (Å²) in [6, 6.07) is 16.4. The zero-order valence-corrected chi connectivity index (χ0v) is 14.9. The highest BCUT2D eigenvalue weighted by molar-refractivity contribution is 5.82. The van der Waals surface area contributed by atoms with Gasteiger partial charge in [-0.05, 0) is 35.2 Å². The molecule has 0 bridgehead atoms. The zero-order valence-electron chi connectivity index (χ0n) is 14.9. The van der Waals surface area contributed by atoms with Crippen LogP contribution >= 0.6 is 0 Å². The second-order valence-corrected chi connectivity index (χ2v) is 7.38. The molecule has 0 spiro atoms. The Balaban J connectivity index is 2.10. The van der Waals surface area contributed by atoms with Crippen molar-refractivity contribution >= 4 is 5.91 Å². The van der Waals surface area contributed by atoms with Gasteiger partial charge in [-0.15, -0.1) is 0 Å². The van der Waals surface area contributed by atoms with E-state index in [0.717, 1.165) is 24.3 Å². The summed E-state index contributed by atoms with van der Waals surface area (Å²) in [5.74, 6) is 1.06. The van der Waals surface area contributed by atoms with Crippen LogP contribution in [0.5, 0.6) is 5.75 Å². The first-order chi connectivity index (χ1) is 11.4. The molecule has 1 aliphatic rings. The van der Waals surface area contributed by atoms with Crippen molar-refractivity contribution in [3.8, 4) is 5.75 Å². The Hall–Kier alpha value is -2.29. The standard InChI is InChI=1S/C21H25NO2/c1-21(2,3)20(23)22-13-12-16-14-17(24-4)10-11-18(16)19(22)15-8-6-5-7-9-15/h5-11,14,19H,12-13H2,1-4H3. The van der Waals surface area contributed by atoms with Gasteiger partial charge in [0.25, 0.3) is 0 Å². The van der Waals surface area contributed by atoms with Gasteiger partial charge in [-0.2, -0.15) is 0 Å². The molecule has 2 aromatic carbocycles. The molecule has 0 aliphatic carbocycles. The van der Waals surface area contributed by atoms with Crippen LogP contribution in [-0.4, -0.2) is 24.5 Å². The summed E-state index contributed by atoms with van der Waals surface area (Å²) in [5.41, 5.74) is 3.23. The van der Waals surface area contributed by atoms with Crippen molar-refractivity contribution in [2.45, 2.75) is 33.2 Å². The van der Waals surface area contributed by atoms with Crippen molar-refractivity contribution in [2.75, 3.05) is 13.7 Å². The molecule has 126 valence electrons. The van der Waals surface area contributed by atoms with E-state index in [1.807, 2.05) is 49.9 Å². The molecule has 0 fully saturated rings. The number of ether oxygens (including phenoxy) is 1. The van der Waals surface area contributed by atoms with E-state index >= 15 is 0 Å². The summed E-state index contributed by atoms with van der Waals surface area (Å²) in [7, 11) is 1.69. The second kappa shape index (κ2) is 6.31. The van der Waals surface area contributed by atoms with Crippen LogP contribution in [0.1, 0.15) is 43.5 Å². The fraction of sp³-hybridized carbons (Fsp3) is 0.381. The van der Waals surface area contributed by atoms with E-state index in [-0.39, 0.29) is 11.9 Å². The van der Waals surface area contributed by atoms with Crippen molar-refractivity contribution < 1.29 is 9.53 Å². The minimum Gasteiger partial charge on any atom is -0.497 e. The summed E-state index contributed by atoms with van der Waals surface area (Å²) < 4.78 is 5.37. The lowest BCUT2D eigenvalue weighted by Gasteiger charge is -2.41. The molecule has 0 saturated heterocycles. The largest absolute Gasteiger partial charge is 0.497 e. The van der Waals surface area contributed by atoms with Crippen LogP contribution in [0.25, 0.3) is 0 Å². The molecular formula is C21H25NO2. The lowest BCUT2D eigenvalue weighted by atomic mass is 9.85. The number of fused-ring (bicyclic) bond motifs is 1. The summed E-state index contributed by atoms with van der Waals surface area (Å²) in [4.78, 5) is 15.1. The van der Waals surface area contributed by atoms with E-state index in [9.17, 15) is 4.79 Å². The molecule has 3 nitrogen and oxygen atoms in total. The number of hydrogen-bond donors (Lipinski definition) is 0. The monoisotopic (exact) mass is 323 g/mol. The second-order valence-electron chi connectivity index (χ2n) is 7.38. The fourth-order valence-corrected chi connectivity index (χ4v) is 3.37. The highest BCUT2D eigenvalue weighted by atomic mass is 16.5. The number of nitrogens with zero attached hydrogens (tertiary/aromatic N) is 1. The Morgan fingerprint density at radius 2 is 1.83 bits per heavy atom. The number of benzene rings is 2. The van der Waals surface area contributed by atoms with E-state index in [1.165, 1.54) is 11.1 Å². The molecule has 0 aromatic heterocycles. The first-order valence-corrected chi connectivity index (χ1v) is 8.44. The Labute approximate surface area is 144 Å². The summed E-state index contributed by atoms with van der Waals surface area (Å²) in [5, 5.41) is 0. The van der Waals surface area contributed by atoms with Gasteiger partial charge in [0, 0.05) is 12.0 Å². The number of methoxy groups -OCH3 is 1. The quantitative estimate of drug-likeness (QED) is 0.828. The SMILES string of the molecule is COc1ccc2c(c1)CCN(C(=O)C(C)(C)C)C2c1ccccc1. The van der Waals surface area contributed by atoms with Gasteiger partial charge in [0.05, 0.1) is 13.2 Å². The van der Waals surface area contributed by atoms with E-state index in [1.54, 1.807) is 7.11 Å². The van der Waals surface area contributed by atoms with Gasteiger partial charge in [-0.3, -0.25) is 4.79 Å². The van der Waals surface area contributed by atoms with Gasteiger partial charge >= 0.3 is 0 Å². The number of carbonyl (C=O) groups excluding carboxylic acids is 1. The topological polar surface area (TPSA) is 29.5 Å². The van der Waals surface area contributed by atoms with Crippen LogP contribution < -0.4 is 4.74 Å². The van der Waals surface area contributed by atoms with Crippen molar-refractivity contribution in [1.82, 2.24) is 4.90 Å². The highest BCUT2D eigenvalue weighted by Gasteiger charge is 2.36.